The molecule has 1 aliphatic carbocycles. The average molecular weight is 458 g/mol. The number of carbonyl (C=O) groups excluding carboxylic acids is 1. The van der Waals surface area contributed by atoms with Gasteiger partial charge in [-0.3, -0.25) is 9.69 Å². The maximum absolute atomic E-state index is 13.6. The number of anilines is 2. The van der Waals surface area contributed by atoms with Gasteiger partial charge in [0.25, 0.3) is 0 Å². The highest BCUT2D eigenvalue weighted by molar-refractivity contribution is 5.87. The van der Waals surface area contributed by atoms with E-state index < -0.39 is 6.09 Å². The molecule has 1 spiro atoms. The topological polar surface area (TPSA) is 84.3 Å². The van der Waals surface area contributed by atoms with E-state index in [0.29, 0.717) is 18.1 Å². The van der Waals surface area contributed by atoms with Crippen molar-refractivity contribution in [2.75, 3.05) is 36.0 Å². The Morgan fingerprint density at radius 2 is 1.91 bits per heavy atom. The summed E-state index contributed by atoms with van der Waals surface area (Å²) in [6, 6.07) is 6.17. The van der Waals surface area contributed by atoms with Crippen molar-refractivity contribution in [3.05, 3.63) is 23.8 Å². The molecule has 1 aromatic carbocycles. The number of hydrogen-bond acceptors (Lipinski definition) is 4. The Kier molecular flexibility index (Phi) is 6.89. The van der Waals surface area contributed by atoms with Crippen LogP contribution < -0.4 is 9.80 Å². The number of carboxylic acid groups (broad SMARTS) is 1. The molecule has 2 N–H and O–H groups in total. The van der Waals surface area contributed by atoms with Gasteiger partial charge in [-0.25, -0.2) is 4.79 Å². The van der Waals surface area contributed by atoms with Gasteiger partial charge in [-0.15, -0.1) is 0 Å². The second kappa shape index (κ2) is 9.53. The summed E-state index contributed by atoms with van der Waals surface area (Å²) in [6.45, 7) is 9.00. The Morgan fingerprint density at radius 3 is 2.55 bits per heavy atom. The number of aliphatic hydroxyl groups is 1. The number of amides is 2. The molecule has 3 aliphatic rings. The minimum atomic E-state index is -0.931. The highest BCUT2D eigenvalue weighted by Gasteiger charge is 2.50. The van der Waals surface area contributed by atoms with E-state index in [2.05, 4.69) is 9.80 Å². The van der Waals surface area contributed by atoms with Crippen LogP contribution in [0.3, 0.4) is 0 Å². The first-order chi connectivity index (χ1) is 15.7. The standard InChI is InChI=1S/C26H39N3O4/c1-18(2)16-29(25(32)33)21-7-10-23(19(3)15-21)27-13-4-11-26(17-27)12-14-28(24(26)31)20-5-8-22(30)9-6-20/h7,10,15,18,20,22,30H,4-6,8-9,11-14,16-17H2,1-3H3,(H,32,33)/t20?,22?,26-/m0/s1. The fraction of sp³-hybridized carbons (Fsp3) is 0.692. The first-order valence-corrected chi connectivity index (χ1v) is 12.6. The van der Waals surface area contributed by atoms with Crippen LogP contribution in [0, 0.1) is 18.3 Å². The fourth-order valence-electron chi connectivity index (χ4n) is 6.10. The van der Waals surface area contributed by atoms with E-state index in [-0.39, 0.29) is 23.5 Å². The molecule has 3 fully saturated rings. The van der Waals surface area contributed by atoms with Gasteiger partial charge in [0.1, 0.15) is 0 Å². The Balaban J connectivity index is 1.49. The predicted molar refractivity (Wildman–Crippen MR) is 130 cm³/mol. The summed E-state index contributed by atoms with van der Waals surface area (Å²) in [5.74, 6) is 0.545. The number of nitrogens with zero attached hydrogens (tertiary/aromatic N) is 3. The van der Waals surface area contributed by atoms with Crippen molar-refractivity contribution in [1.82, 2.24) is 4.90 Å². The quantitative estimate of drug-likeness (QED) is 0.690. The van der Waals surface area contributed by atoms with Gasteiger partial charge >= 0.3 is 6.09 Å². The Morgan fingerprint density at radius 1 is 1.18 bits per heavy atom. The van der Waals surface area contributed by atoms with Crippen molar-refractivity contribution in [3.8, 4) is 0 Å². The molecule has 182 valence electrons. The van der Waals surface area contributed by atoms with Crippen LogP contribution in [0.5, 0.6) is 0 Å². The Labute approximate surface area is 197 Å². The van der Waals surface area contributed by atoms with E-state index in [1.165, 1.54) is 4.90 Å². The van der Waals surface area contributed by atoms with Crippen LogP contribution >= 0.6 is 0 Å². The lowest BCUT2D eigenvalue weighted by atomic mass is 9.78. The van der Waals surface area contributed by atoms with Crippen LogP contribution in [-0.2, 0) is 4.79 Å². The molecule has 2 amide bonds. The lowest BCUT2D eigenvalue weighted by Crippen LogP contribution is -2.50. The van der Waals surface area contributed by atoms with Gasteiger partial charge in [0, 0.05) is 43.6 Å². The summed E-state index contributed by atoms with van der Waals surface area (Å²) >= 11 is 0. The van der Waals surface area contributed by atoms with Crippen LogP contribution in [0.4, 0.5) is 16.2 Å². The molecule has 33 heavy (non-hydrogen) atoms. The van der Waals surface area contributed by atoms with E-state index in [9.17, 15) is 19.8 Å². The third-order valence-electron chi connectivity index (χ3n) is 7.84. The van der Waals surface area contributed by atoms with Gasteiger partial charge in [0.2, 0.25) is 5.91 Å². The fourth-order valence-corrected chi connectivity index (χ4v) is 6.10. The second-order valence-electron chi connectivity index (χ2n) is 10.8. The summed E-state index contributed by atoms with van der Waals surface area (Å²) in [4.78, 5) is 31.3. The lowest BCUT2D eigenvalue weighted by molar-refractivity contribution is -0.139. The molecule has 2 saturated heterocycles. The largest absolute Gasteiger partial charge is 0.465 e. The summed E-state index contributed by atoms with van der Waals surface area (Å²) in [5.41, 5.74) is 2.53. The number of aliphatic hydroxyl groups excluding tert-OH is 1. The predicted octanol–water partition coefficient (Wildman–Crippen LogP) is 4.26. The Hall–Kier alpha value is -2.28. The van der Waals surface area contributed by atoms with Gasteiger partial charge in [-0.1, -0.05) is 13.8 Å². The van der Waals surface area contributed by atoms with E-state index >= 15 is 0 Å². The maximum atomic E-state index is 13.6. The minimum absolute atomic E-state index is 0.207. The third kappa shape index (κ3) is 4.84. The lowest BCUT2D eigenvalue weighted by Gasteiger charge is -2.42. The molecule has 7 heteroatoms. The van der Waals surface area contributed by atoms with Crippen molar-refractivity contribution in [1.29, 1.82) is 0 Å². The smallest absolute Gasteiger partial charge is 0.411 e. The molecule has 1 atom stereocenters. The molecule has 2 aliphatic heterocycles. The number of carbonyl (C=O) groups is 2. The number of benzene rings is 1. The molecule has 0 unspecified atom stereocenters. The molecule has 0 aromatic heterocycles. The number of aryl methyl sites for hydroxylation is 1. The first-order valence-electron chi connectivity index (χ1n) is 12.6. The number of hydrogen-bond donors (Lipinski definition) is 2. The van der Waals surface area contributed by atoms with Crippen LogP contribution in [0.15, 0.2) is 18.2 Å². The Bertz CT molecular complexity index is 880. The van der Waals surface area contributed by atoms with Crippen molar-refractivity contribution < 1.29 is 19.8 Å². The zero-order chi connectivity index (χ0) is 23.8. The average Bonchev–Trinajstić information content (AvgIpc) is 3.07. The zero-order valence-corrected chi connectivity index (χ0v) is 20.3. The maximum Gasteiger partial charge on any atom is 0.411 e. The molecule has 2 heterocycles. The number of piperidine rings is 1. The molecule has 1 aromatic rings. The van der Waals surface area contributed by atoms with E-state index in [4.69, 9.17) is 0 Å². The second-order valence-corrected chi connectivity index (χ2v) is 10.8. The van der Waals surface area contributed by atoms with E-state index in [1.54, 1.807) is 0 Å². The van der Waals surface area contributed by atoms with Crippen molar-refractivity contribution in [2.24, 2.45) is 11.3 Å². The van der Waals surface area contributed by atoms with Crippen LogP contribution in [0.2, 0.25) is 0 Å². The van der Waals surface area contributed by atoms with Crippen LogP contribution in [-0.4, -0.2) is 65.4 Å². The molecule has 1 saturated carbocycles. The van der Waals surface area contributed by atoms with Crippen LogP contribution in [0.1, 0.15) is 64.4 Å². The summed E-state index contributed by atoms with van der Waals surface area (Å²) in [7, 11) is 0. The molecule has 0 bridgehead atoms. The molecular weight excluding hydrogens is 418 g/mol. The summed E-state index contributed by atoms with van der Waals surface area (Å²) < 4.78 is 0. The molecule has 7 nitrogen and oxygen atoms in total. The molecule has 0 radical (unpaired) electrons. The van der Waals surface area contributed by atoms with Gasteiger partial charge in [0.05, 0.1) is 11.5 Å². The monoisotopic (exact) mass is 457 g/mol. The van der Waals surface area contributed by atoms with Gasteiger partial charge < -0.3 is 20.0 Å². The summed E-state index contributed by atoms with van der Waals surface area (Å²) in [6.07, 6.45) is 5.09. The van der Waals surface area contributed by atoms with Crippen molar-refractivity contribution in [3.63, 3.8) is 0 Å². The first kappa shape index (κ1) is 23.9. The third-order valence-corrected chi connectivity index (χ3v) is 7.84. The van der Waals surface area contributed by atoms with Crippen molar-refractivity contribution in [2.45, 2.75) is 77.9 Å². The minimum Gasteiger partial charge on any atom is -0.465 e. The SMILES string of the molecule is Cc1cc(N(CC(C)C)C(=O)O)ccc1N1CCC[C@]2(CCN(C3CCC(O)CC3)C2=O)C1. The molecule has 4 rings (SSSR count). The van der Waals surface area contributed by atoms with Gasteiger partial charge in [0.15, 0.2) is 0 Å². The van der Waals surface area contributed by atoms with Crippen LogP contribution in [0.25, 0.3) is 0 Å². The normalized spacial score (nSPS) is 28.1. The summed E-state index contributed by atoms with van der Waals surface area (Å²) in [5, 5.41) is 19.5. The van der Waals surface area contributed by atoms with E-state index in [0.717, 1.165) is 75.8 Å². The van der Waals surface area contributed by atoms with E-state index in [1.807, 2.05) is 39.0 Å². The highest BCUT2D eigenvalue weighted by atomic mass is 16.4. The van der Waals surface area contributed by atoms with Gasteiger partial charge in [-0.05, 0) is 81.5 Å². The van der Waals surface area contributed by atoms with Crippen molar-refractivity contribution >= 4 is 23.4 Å². The zero-order valence-electron chi connectivity index (χ0n) is 20.3. The number of likely N-dealkylation sites (tertiary alicyclic amines) is 1. The van der Waals surface area contributed by atoms with Gasteiger partial charge in [-0.2, -0.15) is 0 Å². The molecular formula is C26H39N3O4. The highest BCUT2D eigenvalue weighted by Crippen LogP contribution is 2.44. The number of rotatable bonds is 5.